The molecular weight excluding hydrogens is 360 g/mol. The zero-order chi connectivity index (χ0) is 18.6. The molecule has 0 saturated heterocycles. The highest BCUT2D eigenvalue weighted by molar-refractivity contribution is 7.09. The highest BCUT2D eigenvalue weighted by atomic mass is 32.1. The van der Waals surface area contributed by atoms with Gasteiger partial charge >= 0.3 is 0 Å². The summed E-state index contributed by atoms with van der Waals surface area (Å²) in [6.45, 7) is 0.859. The van der Waals surface area contributed by atoms with Gasteiger partial charge in [-0.05, 0) is 41.1 Å². The molecule has 0 aliphatic carbocycles. The van der Waals surface area contributed by atoms with Gasteiger partial charge < -0.3 is 14.3 Å². The number of carbonyl (C=O) groups is 1. The number of furan rings is 1. The van der Waals surface area contributed by atoms with E-state index < -0.39 is 0 Å². The van der Waals surface area contributed by atoms with Crippen molar-refractivity contribution in [3.63, 3.8) is 0 Å². The van der Waals surface area contributed by atoms with Crippen LogP contribution in [0.1, 0.15) is 16.2 Å². The van der Waals surface area contributed by atoms with Crippen LogP contribution in [0.3, 0.4) is 0 Å². The van der Waals surface area contributed by atoms with Crippen molar-refractivity contribution in [1.82, 2.24) is 9.88 Å². The maximum absolute atomic E-state index is 13.0. The summed E-state index contributed by atoms with van der Waals surface area (Å²) in [7, 11) is 0. The molecule has 0 spiro atoms. The topological polar surface area (TPSA) is 66.3 Å². The molecule has 0 atom stereocenters. The average molecular weight is 378 g/mol. The second-order valence-electron chi connectivity index (χ2n) is 6.30. The Balaban J connectivity index is 1.59. The zero-order valence-corrected chi connectivity index (χ0v) is 15.4. The predicted molar refractivity (Wildman–Crippen MR) is 106 cm³/mol. The second kappa shape index (κ2) is 7.63. The van der Waals surface area contributed by atoms with Crippen LogP contribution in [0.5, 0.6) is 0 Å². The van der Waals surface area contributed by atoms with E-state index in [-0.39, 0.29) is 17.9 Å². The van der Waals surface area contributed by atoms with Gasteiger partial charge in [0.15, 0.2) is 0 Å². The van der Waals surface area contributed by atoms with Crippen LogP contribution in [0.15, 0.2) is 75.5 Å². The van der Waals surface area contributed by atoms with Crippen LogP contribution in [0.4, 0.5) is 0 Å². The summed E-state index contributed by atoms with van der Waals surface area (Å²) in [6, 6.07) is 17.0. The number of rotatable bonds is 6. The number of fused-ring (bicyclic) bond motifs is 1. The van der Waals surface area contributed by atoms with Gasteiger partial charge in [0, 0.05) is 16.0 Å². The van der Waals surface area contributed by atoms with E-state index in [0.29, 0.717) is 24.4 Å². The predicted octanol–water partition coefficient (Wildman–Crippen LogP) is 3.95. The molecule has 0 radical (unpaired) electrons. The van der Waals surface area contributed by atoms with Crippen LogP contribution in [-0.4, -0.2) is 15.8 Å². The van der Waals surface area contributed by atoms with Crippen LogP contribution in [-0.2, 0) is 24.3 Å². The fourth-order valence-corrected chi connectivity index (χ4v) is 3.73. The Morgan fingerprint density at radius 2 is 1.96 bits per heavy atom. The van der Waals surface area contributed by atoms with E-state index in [2.05, 4.69) is 4.98 Å². The molecule has 27 heavy (non-hydrogen) atoms. The molecule has 0 aliphatic rings. The van der Waals surface area contributed by atoms with Gasteiger partial charge in [0.05, 0.1) is 25.8 Å². The molecule has 0 unspecified atom stereocenters. The Hall–Kier alpha value is -3.12. The van der Waals surface area contributed by atoms with Crippen LogP contribution in [0, 0.1) is 0 Å². The number of aromatic nitrogens is 1. The third-order valence-electron chi connectivity index (χ3n) is 4.38. The first-order chi connectivity index (χ1) is 13.2. The molecule has 6 heteroatoms. The minimum Gasteiger partial charge on any atom is -0.467 e. The molecule has 0 aliphatic heterocycles. The van der Waals surface area contributed by atoms with Gasteiger partial charge in [-0.15, -0.1) is 11.3 Å². The molecule has 4 rings (SSSR count). The van der Waals surface area contributed by atoms with Gasteiger partial charge in [-0.25, -0.2) is 0 Å². The number of thiophene rings is 1. The van der Waals surface area contributed by atoms with E-state index in [9.17, 15) is 9.59 Å². The van der Waals surface area contributed by atoms with Crippen LogP contribution in [0.25, 0.3) is 10.9 Å². The summed E-state index contributed by atoms with van der Waals surface area (Å²) < 4.78 is 5.41. The first kappa shape index (κ1) is 17.3. The number of amides is 1. The summed E-state index contributed by atoms with van der Waals surface area (Å²) in [5.74, 6) is 0.605. The van der Waals surface area contributed by atoms with E-state index >= 15 is 0 Å². The van der Waals surface area contributed by atoms with Gasteiger partial charge in [-0.2, -0.15) is 0 Å². The molecule has 136 valence electrons. The Bertz CT molecular complexity index is 1060. The van der Waals surface area contributed by atoms with Crippen molar-refractivity contribution >= 4 is 28.1 Å². The van der Waals surface area contributed by atoms with Crippen molar-refractivity contribution < 1.29 is 9.21 Å². The van der Waals surface area contributed by atoms with Crippen molar-refractivity contribution in [3.05, 3.63) is 92.8 Å². The Kier molecular flexibility index (Phi) is 4.89. The third-order valence-corrected chi connectivity index (χ3v) is 5.24. The largest absolute Gasteiger partial charge is 0.467 e. The lowest BCUT2D eigenvalue weighted by Crippen LogP contribution is -2.32. The monoisotopic (exact) mass is 378 g/mol. The lowest BCUT2D eigenvalue weighted by Gasteiger charge is -2.21. The first-order valence-corrected chi connectivity index (χ1v) is 9.50. The summed E-state index contributed by atoms with van der Waals surface area (Å²) in [5, 5.41) is 2.90. The molecule has 0 bridgehead atoms. The van der Waals surface area contributed by atoms with Crippen LogP contribution >= 0.6 is 11.3 Å². The average Bonchev–Trinajstić information content (AvgIpc) is 3.36. The normalized spacial score (nSPS) is 11.0. The summed E-state index contributed by atoms with van der Waals surface area (Å²) in [4.78, 5) is 31.0. The van der Waals surface area contributed by atoms with E-state index in [1.807, 2.05) is 47.8 Å². The van der Waals surface area contributed by atoms with Gasteiger partial charge in [-0.1, -0.05) is 24.3 Å². The molecule has 0 saturated carbocycles. The molecule has 3 heterocycles. The Morgan fingerprint density at radius 1 is 1.07 bits per heavy atom. The number of nitrogens with one attached hydrogen (secondary N) is 1. The van der Waals surface area contributed by atoms with Crippen molar-refractivity contribution in [3.8, 4) is 0 Å². The van der Waals surface area contributed by atoms with Crippen molar-refractivity contribution in [2.24, 2.45) is 0 Å². The van der Waals surface area contributed by atoms with Crippen molar-refractivity contribution in [2.45, 2.75) is 19.5 Å². The molecule has 1 amide bonds. The highest BCUT2D eigenvalue weighted by Gasteiger charge is 2.18. The van der Waals surface area contributed by atoms with Gasteiger partial charge in [0.25, 0.3) is 5.56 Å². The number of para-hydroxylation sites is 1. The number of hydrogen-bond acceptors (Lipinski definition) is 4. The number of pyridine rings is 1. The van der Waals surface area contributed by atoms with Crippen molar-refractivity contribution in [2.75, 3.05) is 0 Å². The molecular formula is C21H18N2O3S. The highest BCUT2D eigenvalue weighted by Crippen LogP contribution is 2.17. The number of carbonyl (C=O) groups excluding carboxylic acids is 1. The summed E-state index contributed by atoms with van der Waals surface area (Å²) in [5.41, 5.74) is 1.01. The Labute approximate surface area is 159 Å². The molecule has 3 aromatic heterocycles. The van der Waals surface area contributed by atoms with E-state index in [4.69, 9.17) is 4.42 Å². The first-order valence-electron chi connectivity index (χ1n) is 8.62. The van der Waals surface area contributed by atoms with E-state index in [0.717, 1.165) is 15.8 Å². The van der Waals surface area contributed by atoms with Gasteiger partial charge in [0.2, 0.25) is 5.91 Å². The maximum atomic E-state index is 13.0. The smallest absolute Gasteiger partial charge is 0.252 e. The lowest BCUT2D eigenvalue weighted by atomic mass is 10.1. The molecule has 0 fully saturated rings. The van der Waals surface area contributed by atoms with Crippen LogP contribution < -0.4 is 5.56 Å². The fraction of sp³-hybridized carbons (Fsp3) is 0.143. The SMILES string of the molecule is O=C(Cc1cc2ccccc2[nH]c1=O)N(Cc1ccco1)Cc1cccs1. The lowest BCUT2D eigenvalue weighted by molar-refractivity contribution is -0.132. The minimum absolute atomic E-state index is 0.0479. The standard InChI is InChI=1S/C21H18N2O3S/c24-20(12-16-11-15-5-1-2-8-19(15)22-21(16)25)23(13-17-6-3-9-26-17)14-18-7-4-10-27-18/h1-11H,12-14H2,(H,22,25). The molecule has 5 nitrogen and oxygen atoms in total. The quantitative estimate of drug-likeness (QED) is 0.552. The summed E-state index contributed by atoms with van der Waals surface area (Å²) in [6.07, 6.45) is 1.64. The second-order valence-corrected chi connectivity index (χ2v) is 7.33. The molecule has 1 N–H and O–H groups in total. The van der Waals surface area contributed by atoms with Crippen molar-refractivity contribution in [1.29, 1.82) is 0 Å². The number of nitrogens with zero attached hydrogens (tertiary/aromatic N) is 1. The Morgan fingerprint density at radius 3 is 2.74 bits per heavy atom. The maximum Gasteiger partial charge on any atom is 0.252 e. The fourth-order valence-electron chi connectivity index (χ4n) is 3.01. The third kappa shape index (κ3) is 4.01. The number of hydrogen-bond donors (Lipinski definition) is 1. The summed E-state index contributed by atoms with van der Waals surface area (Å²) >= 11 is 1.60. The number of aromatic amines is 1. The molecule has 1 aromatic carbocycles. The van der Waals surface area contributed by atoms with Crippen LogP contribution in [0.2, 0.25) is 0 Å². The van der Waals surface area contributed by atoms with Gasteiger partial charge in [0.1, 0.15) is 5.76 Å². The molecule has 4 aromatic rings. The number of benzene rings is 1. The van der Waals surface area contributed by atoms with Gasteiger partial charge in [-0.3, -0.25) is 9.59 Å². The minimum atomic E-state index is -0.226. The number of H-pyrrole nitrogens is 1. The van der Waals surface area contributed by atoms with E-state index in [1.165, 1.54) is 0 Å². The van der Waals surface area contributed by atoms with E-state index in [1.54, 1.807) is 34.6 Å². The zero-order valence-electron chi connectivity index (χ0n) is 14.6.